The van der Waals surface area contributed by atoms with E-state index in [1.54, 1.807) is 35.0 Å². The molecule has 0 atom stereocenters. The van der Waals surface area contributed by atoms with Crippen LogP contribution in [-0.2, 0) is 9.84 Å². The van der Waals surface area contributed by atoms with Crippen molar-refractivity contribution in [2.45, 2.75) is 4.90 Å². The molecule has 0 aliphatic rings. The second-order valence-corrected chi connectivity index (χ2v) is 9.43. The molecule has 2 heterocycles. The number of rotatable bonds is 4. The molecular formula is C19H14BrClN4O2S. The monoisotopic (exact) mass is 476 g/mol. The maximum absolute atomic E-state index is 11.7. The molecule has 0 bridgehead atoms. The molecule has 0 aliphatic heterocycles. The number of hydrogen-bond acceptors (Lipinski definition) is 5. The molecule has 2 aromatic heterocycles. The molecule has 0 amide bonds. The Morgan fingerprint density at radius 1 is 1.11 bits per heavy atom. The van der Waals surface area contributed by atoms with Gasteiger partial charge in [0.25, 0.3) is 0 Å². The van der Waals surface area contributed by atoms with Crippen LogP contribution in [0.25, 0.3) is 16.9 Å². The van der Waals surface area contributed by atoms with E-state index < -0.39 is 9.84 Å². The molecule has 6 nitrogen and oxygen atoms in total. The lowest BCUT2D eigenvalue weighted by Gasteiger charge is -2.12. The summed E-state index contributed by atoms with van der Waals surface area (Å²) >= 11 is 9.81. The average molecular weight is 478 g/mol. The normalized spacial score (nSPS) is 11.7. The fraction of sp³-hybridized carbons (Fsp3) is 0.0526. The molecule has 1 N–H and O–H groups in total. The van der Waals surface area contributed by atoms with E-state index in [0.717, 1.165) is 15.7 Å². The summed E-state index contributed by atoms with van der Waals surface area (Å²) in [7, 11) is -3.25. The minimum absolute atomic E-state index is 0.261. The number of halogens is 2. The number of fused-ring (bicyclic) bond motifs is 1. The van der Waals surface area contributed by atoms with Gasteiger partial charge in [0.2, 0.25) is 0 Å². The van der Waals surface area contributed by atoms with Crippen LogP contribution in [-0.4, -0.2) is 29.3 Å². The van der Waals surface area contributed by atoms with Crippen LogP contribution >= 0.6 is 27.5 Å². The highest BCUT2D eigenvalue weighted by Crippen LogP contribution is 2.31. The molecule has 142 valence electrons. The van der Waals surface area contributed by atoms with Crippen molar-refractivity contribution in [3.8, 4) is 11.3 Å². The number of hydrogen-bond donors (Lipinski definition) is 1. The Balaban J connectivity index is 1.81. The molecule has 9 heteroatoms. The van der Waals surface area contributed by atoms with E-state index in [-0.39, 0.29) is 4.90 Å². The lowest BCUT2D eigenvalue weighted by atomic mass is 10.1. The summed E-state index contributed by atoms with van der Waals surface area (Å²) in [5, 5.41) is 8.21. The first-order chi connectivity index (χ1) is 13.3. The van der Waals surface area contributed by atoms with Gasteiger partial charge in [0.15, 0.2) is 15.5 Å². The molecule has 4 aromatic rings. The lowest BCUT2D eigenvalue weighted by molar-refractivity contribution is 0.602. The molecule has 28 heavy (non-hydrogen) atoms. The van der Waals surface area contributed by atoms with E-state index in [1.807, 2.05) is 30.3 Å². The SMILES string of the molecule is CS(=O)(=O)c1ccc(Nc2cc(-c3ccccc3Cl)nc3c(Br)cnn23)cc1. The van der Waals surface area contributed by atoms with Gasteiger partial charge in [-0.1, -0.05) is 29.8 Å². The number of aromatic nitrogens is 3. The maximum atomic E-state index is 11.7. The first kappa shape index (κ1) is 18.9. The van der Waals surface area contributed by atoms with Crippen molar-refractivity contribution < 1.29 is 8.42 Å². The second kappa shape index (κ2) is 7.20. The summed E-state index contributed by atoms with van der Waals surface area (Å²) in [4.78, 5) is 4.93. The quantitative estimate of drug-likeness (QED) is 0.449. The summed E-state index contributed by atoms with van der Waals surface area (Å²) in [6, 6.07) is 15.8. The van der Waals surface area contributed by atoms with Gasteiger partial charge in [0.1, 0.15) is 5.82 Å². The summed E-state index contributed by atoms with van der Waals surface area (Å²) < 4.78 is 25.7. The van der Waals surface area contributed by atoms with Gasteiger partial charge in [-0.2, -0.15) is 9.61 Å². The fourth-order valence-electron chi connectivity index (χ4n) is 2.77. The molecule has 0 spiro atoms. The Labute approximate surface area is 175 Å². The van der Waals surface area contributed by atoms with E-state index in [9.17, 15) is 8.42 Å². The maximum Gasteiger partial charge on any atom is 0.175 e. The van der Waals surface area contributed by atoms with Crippen molar-refractivity contribution >= 4 is 54.5 Å². The van der Waals surface area contributed by atoms with Gasteiger partial charge < -0.3 is 5.32 Å². The van der Waals surface area contributed by atoms with Gasteiger partial charge in [-0.15, -0.1) is 0 Å². The Bertz CT molecular complexity index is 1290. The molecule has 0 fully saturated rings. The van der Waals surface area contributed by atoms with Crippen LogP contribution in [0.3, 0.4) is 0 Å². The Morgan fingerprint density at radius 3 is 2.50 bits per heavy atom. The highest BCUT2D eigenvalue weighted by atomic mass is 79.9. The predicted octanol–water partition coefficient (Wildman–Crippen LogP) is 4.96. The largest absolute Gasteiger partial charge is 0.340 e. The van der Waals surface area contributed by atoms with Crippen molar-refractivity contribution in [3.63, 3.8) is 0 Å². The number of nitrogens with zero attached hydrogens (tertiary/aromatic N) is 3. The third-order valence-electron chi connectivity index (χ3n) is 4.13. The zero-order valence-corrected chi connectivity index (χ0v) is 17.8. The van der Waals surface area contributed by atoms with Crippen molar-refractivity contribution in [1.82, 2.24) is 14.6 Å². The Morgan fingerprint density at radius 2 is 1.82 bits per heavy atom. The van der Waals surface area contributed by atoms with Gasteiger partial charge in [0.05, 0.1) is 21.3 Å². The third kappa shape index (κ3) is 3.63. The Hall–Kier alpha value is -2.42. The molecule has 2 aromatic carbocycles. The smallest absolute Gasteiger partial charge is 0.175 e. The van der Waals surface area contributed by atoms with E-state index in [1.165, 1.54) is 6.26 Å². The molecule has 0 saturated heterocycles. The molecule has 0 aliphatic carbocycles. The van der Waals surface area contributed by atoms with Crippen LogP contribution in [0.15, 0.2) is 70.2 Å². The van der Waals surface area contributed by atoms with Gasteiger partial charge in [-0.05, 0) is 46.3 Å². The zero-order chi connectivity index (χ0) is 19.9. The topological polar surface area (TPSA) is 76.4 Å². The van der Waals surface area contributed by atoms with Crippen molar-refractivity contribution in [2.75, 3.05) is 11.6 Å². The highest BCUT2D eigenvalue weighted by molar-refractivity contribution is 9.10. The van der Waals surface area contributed by atoms with E-state index >= 15 is 0 Å². The Kier molecular flexibility index (Phi) is 4.86. The summed E-state index contributed by atoms with van der Waals surface area (Å²) in [6.07, 6.45) is 2.84. The number of sulfone groups is 1. The molecule has 4 rings (SSSR count). The molecule has 0 unspecified atom stereocenters. The second-order valence-electron chi connectivity index (χ2n) is 6.16. The van der Waals surface area contributed by atoms with Gasteiger partial charge >= 0.3 is 0 Å². The zero-order valence-electron chi connectivity index (χ0n) is 14.6. The van der Waals surface area contributed by atoms with Crippen LogP contribution in [0.1, 0.15) is 0 Å². The third-order valence-corrected chi connectivity index (χ3v) is 6.15. The molecular weight excluding hydrogens is 464 g/mol. The number of benzene rings is 2. The minimum Gasteiger partial charge on any atom is -0.340 e. The van der Waals surface area contributed by atoms with E-state index in [0.29, 0.717) is 22.2 Å². The van der Waals surface area contributed by atoms with E-state index in [4.69, 9.17) is 11.6 Å². The first-order valence-corrected chi connectivity index (χ1v) is 11.3. The highest BCUT2D eigenvalue weighted by Gasteiger charge is 2.14. The molecule has 0 radical (unpaired) electrons. The lowest BCUT2D eigenvalue weighted by Crippen LogP contribution is -2.03. The van der Waals surface area contributed by atoms with Crippen LogP contribution in [0, 0.1) is 0 Å². The number of nitrogens with one attached hydrogen (secondary N) is 1. The summed E-state index contributed by atoms with van der Waals surface area (Å²) in [6.45, 7) is 0. The van der Waals surface area contributed by atoms with E-state index in [2.05, 4.69) is 31.3 Å². The van der Waals surface area contributed by atoms with Gasteiger partial charge in [0, 0.05) is 28.6 Å². The van der Waals surface area contributed by atoms with Crippen molar-refractivity contribution in [1.29, 1.82) is 0 Å². The van der Waals surface area contributed by atoms with Crippen molar-refractivity contribution in [2.24, 2.45) is 0 Å². The standard InChI is InChI=1S/C19H14BrClN4O2S/c1-28(26,27)13-8-6-12(7-9-13)23-18-10-17(14-4-2-3-5-16(14)21)24-19-15(20)11-22-25(18)19/h2-11,23H,1H3. The average Bonchev–Trinajstić information content (AvgIpc) is 3.03. The first-order valence-electron chi connectivity index (χ1n) is 8.19. The summed E-state index contributed by atoms with van der Waals surface area (Å²) in [5.74, 6) is 0.665. The number of anilines is 2. The summed E-state index contributed by atoms with van der Waals surface area (Å²) in [5.41, 5.74) is 2.84. The van der Waals surface area contributed by atoms with Crippen LogP contribution < -0.4 is 5.32 Å². The fourth-order valence-corrected chi connectivity index (χ4v) is 3.98. The van der Waals surface area contributed by atoms with Crippen molar-refractivity contribution in [3.05, 3.63) is 70.3 Å². The minimum atomic E-state index is -3.25. The molecule has 0 saturated carbocycles. The predicted molar refractivity (Wildman–Crippen MR) is 114 cm³/mol. The van der Waals surface area contributed by atoms with Gasteiger partial charge in [-0.25, -0.2) is 13.4 Å². The van der Waals surface area contributed by atoms with Gasteiger partial charge in [-0.3, -0.25) is 0 Å². The van der Waals surface area contributed by atoms with Crippen LogP contribution in [0.5, 0.6) is 0 Å². The van der Waals surface area contributed by atoms with Crippen LogP contribution in [0.4, 0.5) is 11.5 Å². The van der Waals surface area contributed by atoms with Crippen LogP contribution in [0.2, 0.25) is 5.02 Å².